The van der Waals surface area contributed by atoms with E-state index in [1.54, 1.807) is 0 Å². The molecule has 0 aromatic heterocycles. The maximum atomic E-state index is 11.6. The largest absolute Gasteiger partial charge is 0.466 e. The summed E-state index contributed by atoms with van der Waals surface area (Å²) in [6.45, 7) is 7.41. The first-order valence-corrected chi connectivity index (χ1v) is 7.96. The number of carbonyl (C=O) groups is 1. The molecule has 1 saturated carbocycles. The van der Waals surface area contributed by atoms with Crippen LogP contribution in [0.2, 0.25) is 0 Å². The molecule has 0 radical (unpaired) electrons. The van der Waals surface area contributed by atoms with Crippen LogP contribution in [0.5, 0.6) is 0 Å². The predicted octanol–water partition coefficient (Wildman–Crippen LogP) is 3.50. The Labute approximate surface area is 128 Å². The molecule has 1 aliphatic carbocycles. The smallest absolute Gasteiger partial charge is 0.307 e. The second-order valence-electron chi connectivity index (χ2n) is 6.69. The third-order valence-electron chi connectivity index (χ3n) is 4.27. The zero-order valence-electron chi connectivity index (χ0n) is 13.4. The van der Waals surface area contributed by atoms with Gasteiger partial charge in [-0.3, -0.25) is 4.79 Å². The zero-order chi connectivity index (χ0) is 15.3. The molecule has 116 valence electrons. The lowest BCUT2D eigenvalue weighted by atomic mass is 9.71. The summed E-state index contributed by atoms with van der Waals surface area (Å²) in [4.78, 5) is 11.6. The van der Waals surface area contributed by atoms with E-state index in [1.807, 2.05) is 6.92 Å². The van der Waals surface area contributed by atoms with Gasteiger partial charge < -0.3 is 10.1 Å². The van der Waals surface area contributed by atoms with Gasteiger partial charge in [0, 0.05) is 5.54 Å². The third-order valence-corrected chi connectivity index (χ3v) is 4.27. The molecule has 0 atom stereocenters. The van der Waals surface area contributed by atoms with Crippen LogP contribution >= 0.6 is 0 Å². The van der Waals surface area contributed by atoms with Crippen LogP contribution in [0.4, 0.5) is 0 Å². The summed E-state index contributed by atoms with van der Waals surface area (Å²) in [6, 6.07) is 10.7. The van der Waals surface area contributed by atoms with Gasteiger partial charge >= 0.3 is 5.97 Å². The molecule has 1 fully saturated rings. The van der Waals surface area contributed by atoms with E-state index in [0.717, 1.165) is 12.5 Å². The highest BCUT2D eigenvalue weighted by molar-refractivity contribution is 5.70. The fourth-order valence-electron chi connectivity index (χ4n) is 2.96. The molecular weight excluding hydrogens is 262 g/mol. The van der Waals surface area contributed by atoms with Gasteiger partial charge in [0.1, 0.15) is 0 Å². The van der Waals surface area contributed by atoms with Crippen LogP contribution in [0.25, 0.3) is 0 Å². The molecule has 0 spiro atoms. The summed E-state index contributed by atoms with van der Waals surface area (Å²) < 4.78 is 5.02. The van der Waals surface area contributed by atoms with Crippen molar-refractivity contribution in [2.45, 2.75) is 51.5 Å². The summed E-state index contributed by atoms with van der Waals surface area (Å²) >= 11 is 0. The van der Waals surface area contributed by atoms with Gasteiger partial charge in [-0.05, 0) is 57.6 Å². The molecule has 0 bridgehead atoms. The highest BCUT2D eigenvalue weighted by atomic mass is 16.5. The second kappa shape index (κ2) is 7.08. The number of nitrogens with one attached hydrogen (secondary N) is 1. The average molecular weight is 289 g/mol. The van der Waals surface area contributed by atoms with E-state index >= 15 is 0 Å². The van der Waals surface area contributed by atoms with Crippen LogP contribution in [0.3, 0.4) is 0 Å². The predicted molar refractivity (Wildman–Crippen MR) is 85.2 cm³/mol. The van der Waals surface area contributed by atoms with Crippen LogP contribution in [0.1, 0.15) is 51.5 Å². The molecule has 2 rings (SSSR count). The molecule has 21 heavy (non-hydrogen) atoms. The third kappa shape index (κ3) is 4.85. The summed E-state index contributed by atoms with van der Waals surface area (Å²) in [5.41, 5.74) is 1.27. The highest BCUT2D eigenvalue weighted by Gasteiger charge is 2.31. The van der Waals surface area contributed by atoms with Crippen LogP contribution < -0.4 is 5.32 Å². The molecule has 0 heterocycles. The van der Waals surface area contributed by atoms with E-state index in [9.17, 15) is 4.79 Å². The monoisotopic (exact) mass is 289 g/mol. The number of esters is 1. The van der Waals surface area contributed by atoms with Crippen molar-refractivity contribution in [2.24, 2.45) is 5.92 Å². The maximum absolute atomic E-state index is 11.6. The minimum atomic E-state index is -0.190. The molecule has 1 aliphatic rings. The van der Waals surface area contributed by atoms with Gasteiger partial charge in [0.15, 0.2) is 0 Å². The molecule has 3 heteroatoms. The minimum absolute atomic E-state index is 0.120. The average Bonchev–Trinajstić information content (AvgIpc) is 2.37. The van der Waals surface area contributed by atoms with E-state index in [1.165, 1.54) is 18.4 Å². The van der Waals surface area contributed by atoms with Crippen LogP contribution in [0.15, 0.2) is 30.3 Å². The number of benzene rings is 1. The summed E-state index contributed by atoms with van der Waals surface area (Å²) in [5, 5.41) is 3.52. The summed E-state index contributed by atoms with van der Waals surface area (Å²) in [6.07, 6.45) is 2.91. The zero-order valence-corrected chi connectivity index (χ0v) is 13.4. The number of hydrogen-bond donors (Lipinski definition) is 1. The van der Waals surface area contributed by atoms with Gasteiger partial charge in [-0.1, -0.05) is 30.3 Å². The van der Waals surface area contributed by atoms with E-state index in [2.05, 4.69) is 49.5 Å². The van der Waals surface area contributed by atoms with Crippen molar-refractivity contribution in [2.75, 3.05) is 13.2 Å². The van der Waals surface area contributed by atoms with Gasteiger partial charge in [0.25, 0.3) is 0 Å². The van der Waals surface area contributed by atoms with Crippen molar-refractivity contribution < 1.29 is 9.53 Å². The molecule has 0 unspecified atom stereocenters. The first-order chi connectivity index (χ1) is 10.00. The van der Waals surface area contributed by atoms with E-state index in [-0.39, 0.29) is 11.5 Å². The summed E-state index contributed by atoms with van der Waals surface area (Å²) in [5.74, 6) is 1.31. The number of carbonyl (C=O) groups excluding carboxylic acids is 1. The highest BCUT2D eigenvalue weighted by Crippen LogP contribution is 2.41. The standard InChI is InChI=1S/C18H27NO2/c1-4-21-17(20)12-18(2,3)19-13-14-10-16(11-14)15-8-6-5-7-9-15/h5-9,14,16,19H,4,10-13H2,1-3H3/t14-,16-. The van der Waals surface area contributed by atoms with Gasteiger partial charge in [0.2, 0.25) is 0 Å². The van der Waals surface area contributed by atoms with Gasteiger partial charge in [-0.2, -0.15) is 0 Å². The molecule has 0 amide bonds. The molecule has 1 N–H and O–H groups in total. The summed E-state index contributed by atoms with van der Waals surface area (Å²) in [7, 11) is 0. The number of rotatable bonds is 7. The van der Waals surface area contributed by atoms with Crippen LogP contribution in [-0.2, 0) is 9.53 Å². The van der Waals surface area contributed by atoms with Gasteiger partial charge in [0.05, 0.1) is 13.0 Å². The molecule has 3 nitrogen and oxygen atoms in total. The molecular formula is C18H27NO2. The Balaban J connectivity index is 1.69. The van der Waals surface area contributed by atoms with Crippen LogP contribution in [-0.4, -0.2) is 24.7 Å². The normalized spacial score (nSPS) is 21.7. The second-order valence-corrected chi connectivity index (χ2v) is 6.69. The SMILES string of the molecule is CCOC(=O)CC(C)(C)NC[C@H]1C[C@H](c2ccccc2)C1. The number of hydrogen-bond acceptors (Lipinski definition) is 3. The Hall–Kier alpha value is -1.35. The Morgan fingerprint density at radius 1 is 1.29 bits per heavy atom. The van der Waals surface area contributed by atoms with E-state index < -0.39 is 0 Å². The maximum Gasteiger partial charge on any atom is 0.307 e. The van der Waals surface area contributed by atoms with Gasteiger partial charge in [-0.15, -0.1) is 0 Å². The topological polar surface area (TPSA) is 38.3 Å². The Kier molecular flexibility index (Phi) is 5.40. The molecule has 0 saturated heterocycles. The Morgan fingerprint density at radius 2 is 1.95 bits per heavy atom. The van der Waals surface area contributed by atoms with Crippen molar-refractivity contribution in [3.05, 3.63) is 35.9 Å². The lowest BCUT2D eigenvalue weighted by Crippen LogP contribution is -2.45. The fraction of sp³-hybridized carbons (Fsp3) is 0.611. The van der Waals surface area contributed by atoms with E-state index in [4.69, 9.17) is 4.74 Å². The van der Waals surface area contributed by atoms with Gasteiger partial charge in [-0.25, -0.2) is 0 Å². The Morgan fingerprint density at radius 3 is 2.57 bits per heavy atom. The quantitative estimate of drug-likeness (QED) is 0.781. The first kappa shape index (κ1) is 16.0. The molecule has 1 aromatic carbocycles. The molecule has 0 aliphatic heterocycles. The minimum Gasteiger partial charge on any atom is -0.466 e. The van der Waals surface area contributed by atoms with Crippen LogP contribution in [0, 0.1) is 5.92 Å². The lowest BCUT2D eigenvalue weighted by molar-refractivity contribution is -0.144. The Bertz CT molecular complexity index is 450. The van der Waals surface area contributed by atoms with Crippen molar-refractivity contribution >= 4 is 5.97 Å². The first-order valence-electron chi connectivity index (χ1n) is 7.96. The van der Waals surface area contributed by atoms with E-state index in [0.29, 0.717) is 18.9 Å². The van der Waals surface area contributed by atoms with Crippen molar-refractivity contribution in [3.63, 3.8) is 0 Å². The van der Waals surface area contributed by atoms with Crippen molar-refractivity contribution in [3.8, 4) is 0 Å². The fourth-order valence-corrected chi connectivity index (χ4v) is 2.96. The lowest BCUT2D eigenvalue weighted by Gasteiger charge is -2.38. The van der Waals surface area contributed by atoms with Crippen molar-refractivity contribution in [1.82, 2.24) is 5.32 Å². The molecule has 1 aromatic rings. The van der Waals surface area contributed by atoms with Crippen molar-refractivity contribution in [1.29, 1.82) is 0 Å². The number of ether oxygens (including phenoxy) is 1.